The quantitative estimate of drug-likeness (QED) is 0.369. The van der Waals surface area contributed by atoms with Crippen LogP contribution in [-0.2, 0) is 4.74 Å². The normalized spacial score (nSPS) is 24.0. The van der Waals surface area contributed by atoms with Gasteiger partial charge in [0.05, 0.1) is 6.54 Å². The van der Waals surface area contributed by atoms with Crippen molar-refractivity contribution in [3.05, 3.63) is 0 Å². The van der Waals surface area contributed by atoms with Crippen LogP contribution in [0, 0.1) is 5.92 Å². The van der Waals surface area contributed by atoms with Crippen LogP contribution in [0.4, 0.5) is 0 Å². The Morgan fingerprint density at radius 3 is 2.78 bits per heavy atom. The Morgan fingerprint density at radius 2 is 2.04 bits per heavy atom. The van der Waals surface area contributed by atoms with Crippen LogP contribution in [0.1, 0.15) is 26.2 Å². The molecule has 1 atom stereocenters. The highest BCUT2D eigenvalue weighted by Crippen LogP contribution is 2.28. The van der Waals surface area contributed by atoms with E-state index in [4.69, 9.17) is 9.73 Å². The monoisotopic (exact) mass is 325 g/mol. The van der Waals surface area contributed by atoms with Crippen molar-refractivity contribution in [2.45, 2.75) is 32.2 Å². The summed E-state index contributed by atoms with van der Waals surface area (Å²) in [4.78, 5) is 9.57. The van der Waals surface area contributed by atoms with E-state index in [1.54, 1.807) is 0 Å². The van der Waals surface area contributed by atoms with E-state index in [0.717, 1.165) is 70.8 Å². The van der Waals surface area contributed by atoms with Crippen LogP contribution < -0.4 is 10.6 Å². The van der Waals surface area contributed by atoms with Crippen molar-refractivity contribution in [1.82, 2.24) is 20.4 Å². The van der Waals surface area contributed by atoms with Gasteiger partial charge in [-0.1, -0.05) is 0 Å². The van der Waals surface area contributed by atoms with Crippen LogP contribution in [0.2, 0.25) is 0 Å². The fourth-order valence-corrected chi connectivity index (χ4v) is 2.75. The number of hydrogen-bond acceptors (Lipinski definition) is 4. The maximum atomic E-state index is 5.67. The van der Waals surface area contributed by atoms with E-state index in [0.29, 0.717) is 6.04 Å². The second kappa shape index (κ2) is 10.1. The first-order valence-electron chi connectivity index (χ1n) is 9.17. The maximum Gasteiger partial charge on any atom is 0.191 e. The number of nitrogens with zero attached hydrogens (tertiary/aromatic N) is 3. The molecule has 134 valence electrons. The second-order valence-corrected chi connectivity index (χ2v) is 6.91. The van der Waals surface area contributed by atoms with E-state index < -0.39 is 0 Å². The first-order chi connectivity index (χ1) is 11.2. The molecule has 0 radical (unpaired) electrons. The van der Waals surface area contributed by atoms with E-state index in [2.05, 4.69) is 41.5 Å². The van der Waals surface area contributed by atoms with Crippen molar-refractivity contribution in [2.24, 2.45) is 10.9 Å². The molecule has 2 N–H and O–H groups in total. The van der Waals surface area contributed by atoms with E-state index in [1.807, 2.05) is 0 Å². The Labute approximate surface area is 141 Å². The summed E-state index contributed by atoms with van der Waals surface area (Å²) < 4.78 is 5.67. The third-order valence-corrected chi connectivity index (χ3v) is 4.59. The lowest BCUT2D eigenvalue weighted by Crippen LogP contribution is -2.51. The molecular formula is C17H35N5O. The Balaban J connectivity index is 1.64. The van der Waals surface area contributed by atoms with Gasteiger partial charge in [-0.2, -0.15) is 0 Å². The summed E-state index contributed by atoms with van der Waals surface area (Å²) in [6.45, 7) is 9.92. The Hall–Kier alpha value is -0.850. The lowest BCUT2D eigenvalue weighted by atomic mass is 10.2. The minimum absolute atomic E-state index is 0.506. The molecule has 0 bridgehead atoms. The molecule has 1 aliphatic carbocycles. The van der Waals surface area contributed by atoms with Gasteiger partial charge in [-0.25, -0.2) is 0 Å². The van der Waals surface area contributed by atoms with Crippen LogP contribution in [-0.4, -0.2) is 88.4 Å². The maximum absolute atomic E-state index is 5.67. The highest BCUT2D eigenvalue weighted by molar-refractivity contribution is 5.79. The van der Waals surface area contributed by atoms with Gasteiger partial charge in [-0.15, -0.1) is 0 Å². The van der Waals surface area contributed by atoms with E-state index in [1.165, 1.54) is 12.8 Å². The Bertz CT molecular complexity index is 359. The highest BCUT2D eigenvalue weighted by Gasteiger charge is 2.22. The van der Waals surface area contributed by atoms with E-state index in [-0.39, 0.29) is 0 Å². The minimum atomic E-state index is 0.506. The van der Waals surface area contributed by atoms with Crippen LogP contribution in [0.15, 0.2) is 4.99 Å². The predicted molar refractivity (Wildman–Crippen MR) is 96.1 cm³/mol. The van der Waals surface area contributed by atoms with Crippen LogP contribution in [0.5, 0.6) is 0 Å². The molecule has 6 nitrogen and oxygen atoms in total. The number of guanidine groups is 1. The van der Waals surface area contributed by atoms with Gasteiger partial charge in [-0.05, 0) is 46.2 Å². The Kier molecular flexibility index (Phi) is 8.12. The standard InChI is InChI=1S/C17H35N5O/c1-4-18-17(19-8-5-11-23-14-15-6-7-15)20-12-16-13-21(2)9-10-22(16)3/h15-16H,4-14H2,1-3H3,(H2,18,19,20). The number of hydrogen-bond donors (Lipinski definition) is 2. The van der Waals surface area contributed by atoms with Gasteiger partial charge in [0.15, 0.2) is 5.96 Å². The van der Waals surface area contributed by atoms with Gasteiger partial charge in [0.1, 0.15) is 0 Å². The SMILES string of the molecule is CCNC(=NCC1CN(C)CCN1C)NCCCOCC1CC1. The zero-order valence-electron chi connectivity index (χ0n) is 15.2. The predicted octanol–water partition coefficient (Wildman–Crippen LogP) is 0.604. The third-order valence-electron chi connectivity index (χ3n) is 4.59. The van der Waals surface area contributed by atoms with Crippen molar-refractivity contribution >= 4 is 5.96 Å². The number of rotatable bonds is 9. The molecule has 2 aliphatic rings. The topological polar surface area (TPSA) is 52.1 Å². The van der Waals surface area contributed by atoms with Gasteiger partial charge >= 0.3 is 0 Å². The highest BCUT2D eigenvalue weighted by atomic mass is 16.5. The van der Waals surface area contributed by atoms with E-state index >= 15 is 0 Å². The van der Waals surface area contributed by atoms with Crippen LogP contribution in [0.25, 0.3) is 0 Å². The van der Waals surface area contributed by atoms with Gasteiger partial charge in [0.25, 0.3) is 0 Å². The summed E-state index contributed by atoms with van der Waals surface area (Å²) in [5, 5.41) is 6.75. The molecule has 2 fully saturated rings. The van der Waals surface area contributed by atoms with Crippen molar-refractivity contribution in [3.63, 3.8) is 0 Å². The molecule has 1 aliphatic heterocycles. The number of aliphatic imine (C=N–C) groups is 1. The molecule has 23 heavy (non-hydrogen) atoms. The first-order valence-corrected chi connectivity index (χ1v) is 9.17. The zero-order chi connectivity index (χ0) is 16.5. The number of nitrogens with one attached hydrogen (secondary N) is 2. The molecule has 0 aromatic heterocycles. The third kappa shape index (κ3) is 7.50. The van der Waals surface area contributed by atoms with Crippen molar-refractivity contribution in [3.8, 4) is 0 Å². The molecule has 1 saturated carbocycles. The van der Waals surface area contributed by atoms with Gasteiger partial charge < -0.3 is 20.3 Å². The van der Waals surface area contributed by atoms with Gasteiger partial charge in [-0.3, -0.25) is 9.89 Å². The lowest BCUT2D eigenvalue weighted by Gasteiger charge is -2.36. The Morgan fingerprint density at radius 1 is 1.22 bits per heavy atom. The zero-order valence-corrected chi connectivity index (χ0v) is 15.2. The summed E-state index contributed by atoms with van der Waals surface area (Å²) >= 11 is 0. The van der Waals surface area contributed by atoms with Gasteiger partial charge in [0.2, 0.25) is 0 Å². The molecule has 2 rings (SSSR count). The summed E-state index contributed by atoms with van der Waals surface area (Å²) in [6, 6.07) is 0.506. The lowest BCUT2D eigenvalue weighted by molar-refractivity contribution is 0.119. The smallest absolute Gasteiger partial charge is 0.191 e. The number of ether oxygens (including phenoxy) is 1. The fraction of sp³-hybridized carbons (Fsp3) is 0.941. The first kappa shape index (κ1) is 18.5. The average molecular weight is 326 g/mol. The summed E-state index contributed by atoms with van der Waals surface area (Å²) in [5.74, 6) is 1.78. The molecule has 0 aromatic rings. The summed E-state index contributed by atoms with van der Waals surface area (Å²) in [5.41, 5.74) is 0. The molecular weight excluding hydrogens is 290 g/mol. The fourth-order valence-electron chi connectivity index (χ4n) is 2.75. The second-order valence-electron chi connectivity index (χ2n) is 6.91. The van der Waals surface area contributed by atoms with Crippen LogP contribution in [0.3, 0.4) is 0 Å². The van der Waals surface area contributed by atoms with Crippen molar-refractivity contribution in [2.75, 3.05) is 66.6 Å². The minimum Gasteiger partial charge on any atom is -0.381 e. The van der Waals surface area contributed by atoms with Crippen LogP contribution >= 0.6 is 0 Å². The molecule has 1 unspecified atom stereocenters. The van der Waals surface area contributed by atoms with Crippen molar-refractivity contribution < 1.29 is 4.74 Å². The summed E-state index contributed by atoms with van der Waals surface area (Å²) in [7, 11) is 4.39. The van der Waals surface area contributed by atoms with Gasteiger partial charge in [0, 0.05) is 52.0 Å². The molecule has 6 heteroatoms. The number of piperazine rings is 1. The largest absolute Gasteiger partial charge is 0.381 e. The molecule has 0 amide bonds. The molecule has 1 heterocycles. The summed E-state index contributed by atoms with van der Waals surface area (Å²) in [6.07, 6.45) is 3.75. The number of likely N-dealkylation sites (N-methyl/N-ethyl adjacent to an activating group) is 2. The molecule has 1 saturated heterocycles. The van der Waals surface area contributed by atoms with Crippen molar-refractivity contribution in [1.29, 1.82) is 0 Å². The average Bonchev–Trinajstić information content (AvgIpc) is 3.35. The molecule has 0 aromatic carbocycles. The van der Waals surface area contributed by atoms with E-state index in [9.17, 15) is 0 Å². The molecule has 0 spiro atoms.